The third-order valence-corrected chi connectivity index (χ3v) is 8.21. The number of rotatable bonds is 8. The van der Waals surface area contributed by atoms with Gasteiger partial charge in [0.2, 0.25) is 15.0 Å². The molecule has 1 aliphatic rings. The fourth-order valence-electron chi connectivity index (χ4n) is 3.52. The molecule has 0 aliphatic heterocycles. The van der Waals surface area contributed by atoms with Crippen molar-refractivity contribution in [2.75, 3.05) is 19.3 Å². The van der Waals surface area contributed by atoms with Crippen LogP contribution in [0.5, 0.6) is 0 Å². The van der Waals surface area contributed by atoms with Gasteiger partial charge >= 0.3 is 5.69 Å². The number of fused-ring (bicyclic) bond motifs is 1. The Morgan fingerprint density at radius 2 is 1.97 bits per heavy atom. The first-order valence-electron chi connectivity index (χ1n) is 10.0. The van der Waals surface area contributed by atoms with Crippen molar-refractivity contribution in [3.8, 4) is 0 Å². The molecular formula is C20H25N5O4S2. The highest BCUT2D eigenvalue weighted by Crippen LogP contribution is 2.32. The van der Waals surface area contributed by atoms with Gasteiger partial charge in [-0.3, -0.25) is 13.9 Å². The summed E-state index contributed by atoms with van der Waals surface area (Å²) >= 11 is 1.52. The van der Waals surface area contributed by atoms with E-state index in [1.54, 1.807) is 0 Å². The molecule has 3 aromatic heterocycles. The molecule has 166 valence electrons. The third-order valence-electron chi connectivity index (χ3n) is 5.35. The minimum Gasteiger partial charge on any atom is -0.316 e. The summed E-state index contributed by atoms with van der Waals surface area (Å²) in [6, 6.07) is 3.88. The van der Waals surface area contributed by atoms with Crippen LogP contribution in [0.2, 0.25) is 0 Å². The lowest BCUT2D eigenvalue weighted by Crippen LogP contribution is -2.38. The topological polar surface area (TPSA) is 108 Å². The van der Waals surface area contributed by atoms with Crippen molar-refractivity contribution >= 4 is 38.4 Å². The molecule has 11 heteroatoms. The molecule has 0 radical (unpaired) electrons. The van der Waals surface area contributed by atoms with Crippen LogP contribution in [-0.4, -0.2) is 46.4 Å². The van der Waals surface area contributed by atoms with Crippen LogP contribution in [0.3, 0.4) is 0 Å². The number of imidazole rings is 1. The van der Waals surface area contributed by atoms with Crippen molar-refractivity contribution in [1.82, 2.24) is 24.0 Å². The first-order chi connectivity index (χ1) is 14.7. The average Bonchev–Trinajstić information content (AvgIpc) is 3.28. The molecule has 1 fully saturated rings. The van der Waals surface area contributed by atoms with Gasteiger partial charge in [0.1, 0.15) is 0 Å². The van der Waals surface area contributed by atoms with Crippen LogP contribution in [0, 0.1) is 5.92 Å². The van der Waals surface area contributed by atoms with Gasteiger partial charge in [-0.25, -0.2) is 13.2 Å². The molecule has 3 aromatic rings. The van der Waals surface area contributed by atoms with E-state index in [-0.39, 0.29) is 34.5 Å². The number of hydrogen-bond acceptors (Lipinski definition) is 7. The Morgan fingerprint density at radius 3 is 2.65 bits per heavy atom. The Morgan fingerprint density at radius 1 is 1.23 bits per heavy atom. The molecule has 0 unspecified atom stereocenters. The van der Waals surface area contributed by atoms with Gasteiger partial charge in [-0.2, -0.15) is 4.98 Å². The zero-order chi connectivity index (χ0) is 22.3. The Bertz CT molecular complexity index is 1390. The monoisotopic (exact) mass is 463 g/mol. The third kappa shape index (κ3) is 4.17. The van der Waals surface area contributed by atoms with E-state index in [1.807, 2.05) is 31.3 Å². The molecule has 31 heavy (non-hydrogen) atoms. The van der Waals surface area contributed by atoms with Gasteiger partial charge in [-0.05, 0) is 44.0 Å². The summed E-state index contributed by atoms with van der Waals surface area (Å²) in [5.41, 5.74) is -0.865. The number of thiophene rings is 1. The van der Waals surface area contributed by atoms with Gasteiger partial charge < -0.3 is 9.88 Å². The quantitative estimate of drug-likeness (QED) is 0.533. The normalized spacial score (nSPS) is 14.8. The van der Waals surface area contributed by atoms with E-state index in [0.717, 1.165) is 33.7 Å². The van der Waals surface area contributed by atoms with Gasteiger partial charge in [0.05, 0.1) is 12.3 Å². The molecule has 1 saturated carbocycles. The average molecular weight is 464 g/mol. The Balaban J connectivity index is 1.81. The maximum Gasteiger partial charge on any atom is 0.332 e. The second kappa shape index (κ2) is 8.21. The second-order valence-electron chi connectivity index (χ2n) is 7.85. The second-order valence-corrected chi connectivity index (χ2v) is 11.0. The van der Waals surface area contributed by atoms with Crippen molar-refractivity contribution in [3.05, 3.63) is 48.8 Å². The first-order valence-corrected chi connectivity index (χ1v) is 12.5. The maximum atomic E-state index is 12.9. The molecule has 1 N–H and O–H groups in total. The summed E-state index contributed by atoms with van der Waals surface area (Å²) in [6.07, 6.45) is 5.77. The van der Waals surface area contributed by atoms with E-state index < -0.39 is 21.1 Å². The van der Waals surface area contributed by atoms with E-state index in [0.29, 0.717) is 0 Å². The standard InChI is InChI=1S/C20H25N5O4S2/c1-21-10-4-5-14-8-9-15(30-14)11-25-17-16(18(26)24(3)20(25)27)23(2)19(22-17)31(28,29)12-13-6-7-13/h4-5,8-9,13,21H,6-7,10-12H2,1-3H3/b5-4+. The van der Waals surface area contributed by atoms with Crippen molar-refractivity contribution in [2.45, 2.75) is 24.5 Å². The fourth-order valence-corrected chi connectivity index (χ4v) is 6.29. The van der Waals surface area contributed by atoms with Gasteiger partial charge in [-0.1, -0.05) is 6.08 Å². The fraction of sp³-hybridized carbons (Fsp3) is 0.450. The molecule has 0 amide bonds. The highest BCUT2D eigenvalue weighted by molar-refractivity contribution is 7.91. The summed E-state index contributed by atoms with van der Waals surface area (Å²) in [4.78, 5) is 31.9. The summed E-state index contributed by atoms with van der Waals surface area (Å²) in [5.74, 6) is 0.164. The summed E-state index contributed by atoms with van der Waals surface area (Å²) in [6.45, 7) is 0.952. The lowest BCUT2D eigenvalue weighted by Gasteiger charge is -2.08. The lowest BCUT2D eigenvalue weighted by atomic mass is 10.4. The number of aryl methyl sites for hydroxylation is 1. The van der Waals surface area contributed by atoms with Gasteiger partial charge in [0, 0.05) is 30.4 Å². The van der Waals surface area contributed by atoms with Crippen LogP contribution < -0.4 is 16.6 Å². The Hall–Kier alpha value is -2.50. The summed E-state index contributed by atoms with van der Waals surface area (Å²) < 4.78 is 29.4. The Kier molecular flexibility index (Phi) is 5.75. The molecule has 3 heterocycles. The van der Waals surface area contributed by atoms with E-state index in [4.69, 9.17) is 0 Å². The highest BCUT2D eigenvalue weighted by atomic mass is 32.2. The molecule has 0 saturated heterocycles. The smallest absolute Gasteiger partial charge is 0.316 e. The summed E-state index contributed by atoms with van der Waals surface area (Å²) in [5, 5.41) is 2.88. The van der Waals surface area contributed by atoms with E-state index in [1.165, 1.54) is 34.6 Å². The zero-order valence-corrected chi connectivity index (χ0v) is 19.3. The van der Waals surface area contributed by atoms with Gasteiger partial charge in [0.25, 0.3) is 5.56 Å². The van der Waals surface area contributed by atoms with Crippen LogP contribution in [0.4, 0.5) is 0 Å². The van der Waals surface area contributed by atoms with Crippen molar-refractivity contribution in [3.63, 3.8) is 0 Å². The van der Waals surface area contributed by atoms with Crippen LogP contribution in [-0.2, 0) is 30.5 Å². The van der Waals surface area contributed by atoms with Crippen LogP contribution in [0.1, 0.15) is 22.6 Å². The van der Waals surface area contributed by atoms with E-state index in [2.05, 4.69) is 10.3 Å². The number of sulfone groups is 1. The SMILES string of the molecule is CNC/C=C/c1ccc(Cn2c(=O)n(C)c(=O)c3c2nc(S(=O)(=O)CC2CC2)n3C)s1. The Labute approximate surface area is 183 Å². The van der Waals surface area contributed by atoms with Crippen molar-refractivity contribution < 1.29 is 8.42 Å². The minimum atomic E-state index is -3.65. The molecule has 9 nitrogen and oxygen atoms in total. The number of aromatic nitrogens is 4. The number of hydrogen-bond donors (Lipinski definition) is 1. The number of likely N-dealkylation sites (N-methyl/N-ethyl adjacent to an activating group) is 1. The molecule has 4 rings (SSSR count). The molecular weight excluding hydrogens is 438 g/mol. The van der Waals surface area contributed by atoms with Crippen LogP contribution in [0.25, 0.3) is 17.2 Å². The number of nitrogens with zero attached hydrogens (tertiary/aromatic N) is 4. The molecule has 0 bridgehead atoms. The highest BCUT2D eigenvalue weighted by Gasteiger charge is 2.33. The van der Waals surface area contributed by atoms with Crippen molar-refractivity contribution in [2.24, 2.45) is 20.0 Å². The molecule has 0 atom stereocenters. The lowest BCUT2D eigenvalue weighted by molar-refractivity contribution is 0.576. The number of nitrogens with one attached hydrogen (secondary N) is 1. The largest absolute Gasteiger partial charge is 0.332 e. The van der Waals surface area contributed by atoms with Gasteiger partial charge in [0.15, 0.2) is 11.2 Å². The van der Waals surface area contributed by atoms with E-state index >= 15 is 0 Å². The van der Waals surface area contributed by atoms with Crippen LogP contribution in [0.15, 0.2) is 33.0 Å². The van der Waals surface area contributed by atoms with Crippen LogP contribution >= 0.6 is 11.3 Å². The van der Waals surface area contributed by atoms with Gasteiger partial charge in [-0.15, -0.1) is 11.3 Å². The maximum absolute atomic E-state index is 12.9. The van der Waals surface area contributed by atoms with E-state index in [9.17, 15) is 18.0 Å². The molecule has 0 aromatic carbocycles. The molecule has 1 aliphatic carbocycles. The predicted molar refractivity (Wildman–Crippen MR) is 121 cm³/mol. The predicted octanol–water partition coefficient (Wildman–Crippen LogP) is 0.960. The molecule has 0 spiro atoms. The zero-order valence-electron chi connectivity index (χ0n) is 17.7. The minimum absolute atomic E-state index is 0.0158. The summed E-state index contributed by atoms with van der Waals surface area (Å²) in [7, 11) is 1.12. The van der Waals surface area contributed by atoms with Crippen molar-refractivity contribution in [1.29, 1.82) is 0 Å². The first kappa shape index (κ1) is 21.7.